The fourth-order valence-corrected chi connectivity index (χ4v) is 2.03. The number of hydrogen-bond donors (Lipinski definition) is 1. The van der Waals surface area contributed by atoms with E-state index in [0.717, 1.165) is 11.8 Å². The Morgan fingerprint density at radius 2 is 2.07 bits per heavy atom. The van der Waals surface area contributed by atoms with E-state index in [2.05, 4.69) is 10.2 Å². The fraction of sp³-hybridized carbons (Fsp3) is 0.750. The van der Waals surface area contributed by atoms with Crippen LogP contribution in [-0.2, 0) is 6.54 Å². The third-order valence-corrected chi connectivity index (χ3v) is 2.73. The Labute approximate surface area is 91.2 Å². The summed E-state index contributed by atoms with van der Waals surface area (Å²) < 4.78 is 25.9. The molecule has 0 fully saturated rings. The lowest BCUT2D eigenvalue weighted by molar-refractivity contribution is 0.176. The van der Waals surface area contributed by atoms with Crippen molar-refractivity contribution in [2.24, 2.45) is 5.73 Å². The van der Waals surface area contributed by atoms with Gasteiger partial charge in [0, 0.05) is 6.04 Å². The van der Waals surface area contributed by atoms with Gasteiger partial charge in [0.25, 0.3) is 0 Å². The molecule has 0 unspecified atom stereocenters. The second-order valence-corrected chi connectivity index (χ2v) is 4.26. The molecule has 0 bridgehead atoms. The first-order chi connectivity index (χ1) is 7.06. The molecule has 0 aromatic carbocycles. The Hall–Kier alpha value is -0.690. The highest BCUT2D eigenvalue weighted by molar-refractivity contribution is 7.99. The number of halogens is 2. The van der Waals surface area contributed by atoms with Crippen LogP contribution in [0.15, 0.2) is 5.16 Å². The highest BCUT2D eigenvalue weighted by Gasteiger charge is 2.15. The smallest absolute Gasteiger partial charge is 0.248 e. The van der Waals surface area contributed by atoms with Crippen molar-refractivity contribution < 1.29 is 8.78 Å². The molecule has 0 aliphatic heterocycles. The molecular weight excluding hydrogens is 222 g/mol. The summed E-state index contributed by atoms with van der Waals surface area (Å²) in [6, 6.07) is 0.124. The van der Waals surface area contributed by atoms with Crippen LogP contribution in [0.25, 0.3) is 0 Å². The van der Waals surface area contributed by atoms with Gasteiger partial charge in [-0.25, -0.2) is 8.78 Å². The van der Waals surface area contributed by atoms with E-state index in [-0.39, 0.29) is 18.3 Å². The molecule has 4 nitrogen and oxygen atoms in total. The first kappa shape index (κ1) is 12.4. The van der Waals surface area contributed by atoms with E-state index in [1.54, 1.807) is 4.57 Å². The predicted molar refractivity (Wildman–Crippen MR) is 55.0 cm³/mol. The van der Waals surface area contributed by atoms with E-state index >= 15 is 0 Å². The zero-order valence-electron chi connectivity index (χ0n) is 8.65. The maximum atomic E-state index is 12.0. The Bertz CT molecular complexity index is 314. The number of thioether (sulfide) groups is 1. The maximum absolute atomic E-state index is 12.0. The van der Waals surface area contributed by atoms with Crippen LogP contribution in [0.2, 0.25) is 0 Å². The van der Waals surface area contributed by atoms with Crippen LogP contribution < -0.4 is 5.73 Å². The van der Waals surface area contributed by atoms with Crippen molar-refractivity contribution in [1.82, 2.24) is 14.8 Å². The van der Waals surface area contributed by atoms with Gasteiger partial charge in [0.05, 0.1) is 12.3 Å². The Morgan fingerprint density at radius 1 is 1.40 bits per heavy atom. The lowest BCUT2D eigenvalue weighted by Gasteiger charge is -2.12. The largest absolute Gasteiger partial charge is 0.324 e. The van der Waals surface area contributed by atoms with Gasteiger partial charge >= 0.3 is 0 Å². The van der Waals surface area contributed by atoms with Crippen LogP contribution in [0.4, 0.5) is 8.78 Å². The van der Waals surface area contributed by atoms with Crippen molar-refractivity contribution in [1.29, 1.82) is 0 Å². The summed E-state index contributed by atoms with van der Waals surface area (Å²) in [7, 11) is 0. The average Bonchev–Trinajstić information content (AvgIpc) is 2.57. The molecule has 1 heterocycles. The molecular formula is C8H14F2N4S. The second-order valence-electron chi connectivity index (χ2n) is 3.27. The molecule has 1 aromatic heterocycles. The van der Waals surface area contributed by atoms with Gasteiger partial charge in [-0.05, 0) is 13.8 Å². The average molecular weight is 236 g/mol. The van der Waals surface area contributed by atoms with E-state index in [4.69, 9.17) is 5.73 Å². The molecule has 15 heavy (non-hydrogen) atoms. The van der Waals surface area contributed by atoms with Gasteiger partial charge in [-0.15, -0.1) is 10.2 Å². The number of rotatable bonds is 5. The highest BCUT2D eigenvalue weighted by atomic mass is 32.2. The standard InChI is InChI=1S/C8H14F2N4S/c1-5(2)14-7(3-11)12-13-8(14)15-4-6(9)10/h5-6H,3-4,11H2,1-2H3. The van der Waals surface area contributed by atoms with Gasteiger partial charge in [0.15, 0.2) is 5.16 Å². The predicted octanol–water partition coefficient (Wildman–Crippen LogP) is 1.67. The molecule has 0 spiro atoms. The zero-order valence-corrected chi connectivity index (χ0v) is 9.47. The Kier molecular flexibility index (Phi) is 4.46. The van der Waals surface area contributed by atoms with E-state index in [1.165, 1.54) is 0 Å². The number of alkyl halides is 2. The molecule has 0 aliphatic carbocycles. The third kappa shape index (κ3) is 3.13. The fourth-order valence-electron chi connectivity index (χ4n) is 1.20. The molecule has 1 aromatic rings. The van der Waals surface area contributed by atoms with Crippen LogP contribution in [0.1, 0.15) is 25.7 Å². The highest BCUT2D eigenvalue weighted by Crippen LogP contribution is 2.22. The molecule has 0 atom stereocenters. The minimum Gasteiger partial charge on any atom is -0.324 e. The van der Waals surface area contributed by atoms with E-state index < -0.39 is 6.43 Å². The summed E-state index contributed by atoms with van der Waals surface area (Å²) >= 11 is 1.00. The van der Waals surface area contributed by atoms with Gasteiger partial charge in [0.2, 0.25) is 6.43 Å². The van der Waals surface area contributed by atoms with E-state index in [1.807, 2.05) is 13.8 Å². The molecule has 0 radical (unpaired) electrons. The quantitative estimate of drug-likeness (QED) is 0.790. The van der Waals surface area contributed by atoms with Crippen molar-refractivity contribution in [3.63, 3.8) is 0 Å². The van der Waals surface area contributed by atoms with Gasteiger partial charge in [0.1, 0.15) is 5.82 Å². The summed E-state index contributed by atoms with van der Waals surface area (Å²) in [4.78, 5) is 0. The van der Waals surface area contributed by atoms with Crippen LogP contribution >= 0.6 is 11.8 Å². The van der Waals surface area contributed by atoms with Gasteiger partial charge in [-0.2, -0.15) is 0 Å². The molecule has 0 saturated carbocycles. The molecule has 7 heteroatoms. The number of nitrogens with zero attached hydrogens (tertiary/aromatic N) is 3. The molecule has 1 rings (SSSR count). The van der Waals surface area contributed by atoms with E-state index in [0.29, 0.717) is 11.0 Å². The number of nitrogens with two attached hydrogens (primary N) is 1. The minimum absolute atomic E-state index is 0.124. The first-order valence-corrected chi connectivity index (χ1v) is 5.59. The van der Waals surface area contributed by atoms with Gasteiger partial charge < -0.3 is 10.3 Å². The van der Waals surface area contributed by atoms with Crippen LogP contribution in [-0.4, -0.2) is 26.9 Å². The first-order valence-electron chi connectivity index (χ1n) is 4.61. The lowest BCUT2D eigenvalue weighted by Crippen LogP contribution is -2.11. The van der Waals surface area contributed by atoms with Crippen molar-refractivity contribution in [3.05, 3.63) is 5.82 Å². The van der Waals surface area contributed by atoms with Crippen LogP contribution in [0.5, 0.6) is 0 Å². The normalized spacial score (nSPS) is 11.7. The van der Waals surface area contributed by atoms with Crippen molar-refractivity contribution in [2.45, 2.75) is 38.0 Å². The summed E-state index contributed by atoms with van der Waals surface area (Å²) in [6.07, 6.45) is -2.34. The summed E-state index contributed by atoms with van der Waals surface area (Å²) in [5, 5.41) is 8.20. The lowest BCUT2D eigenvalue weighted by atomic mass is 10.4. The van der Waals surface area contributed by atoms with Gasteiger partial charge in [-0.3, -0.25) is 0 Å². The Morgan fingerprint density at radius 3 is 2.53 bits per heavy atom. The molecule has 2 N–H and O–H groups in total. The SMILES string of the molecule is CC(C)n1c(CN)nnc1SCC(F)F. The second kappa shape index (κ2) is 5.41. The summed E-state index contributed by atoms with van der Waals surface area (Å²) in [5.74, 6) is 0.358. The monoisotopic (exact) mass is 236 g/mol. The van der Waals surface area contributed by atoms with Gasteiger partial charge in [-0.1, -0.05) is 11.8 Å². The molecule has 0 aliphatic rings. The minimum atomic E-state index is -2.34. The third-order valence-electron chi connectivity index (χ3n) is 1.77. The Balaban J connectivity index is 2.82. The molecule has 86 valence electrons. The summed E-state index contributed by atoms with van der Waals surface area (Å²) in [5.41, 5.74) is 5.48. The van der Waals surface area contributed by atoms with E-state index in [9.17, 15) is 8.78 Å². The summed E-state index contributed by atoms with van der Waals surface area (Å²) in [6.45, 7) is 4.14. The topological polar surface area (TPSA) is 56.7 Å². The van der Waals surface area contributed by atoms with Crippen LogP contribution in [0.3, 0.4) is 0 Å². The zero-order chi connectivity index (χ0) is 11.4. The van der Waals surface area contributed by atoms with Crippen molar-refractivity contribution in [2.75, 3.05) is 5.75 Å². The number of aromatic nitrogens is 3. The van der Waals surface area contributed by atoms with Crippen molar-refractivity contribution in [3.8, 4) is 0 Å². The number of hydrogen-bond acceptors (Lipinski definition) is 4. The maximum Gasteiger partial charge on any atom is 0.248 e. The van der Waals surface area contributed by atoms with Crippen molar-refractivity contribution >= 4 is 11.8 Å². The molecule has 0 saturated heterocycles. The van der Waals surface area contributed by atoms with Crippen LogP contribution in [0, 0.1) is 0 Å². The molecule has 0 amide bonds.